The van der Waals surface area contributed by atoms with E-state index < -0.39 is 37.2 Å². The second kappa shape index (κ2) is 19.5. The second-order valence-electron chi connectivity index (χ2n) is 12.2. The van der Waals surface area contributed by atoms with Crippen molar-refractivity contribution in [2.45, 2.75) is 95.8 Å². The van der Waals surface area contributed by atoms with Crippen LogP contribution in [0.5, 0.6) is 11.5 Å². The van der Waals surface area contributed by atoms with Crippen molar-refractivity contribution in [1.82, 2.24) is 0 Å². The summed E-state index contributed by atoms with van der Waals surface area (Å²) in [5.74, 6) is -12.1. The van der Waals surface area contributed by atoms with E-state index in [1.165, 1.54) is 56.4 Å². The van der Waals surface area contributed by atoms with Gasteiger partial charge < -0.3 is 18.9 Å². The summed E-state index contributed by atoms with van der Waals surface area (Å²) in [4.78, 5) is 25.2. The maximum absolute atomic E-state index is 13.2. The first kappa shape index (κ1) is 41.3. The number of benzene rings is 3. The van der Waals surface area contributed by atoms with Gasteiger partial charge in [-0.05, 0) is 79.4 Å². The van der Waals surface area contributed by atoms with Gasteiger partial charge in [-0.15, -0.1) is 0 Å². The number of rotatable bonds is 21. The predicted octanol–water partition coefficient (Wildman–Crippen LogP) is 10.9. The fraction of sp³-hybridized carbons (Fsp3) is 0.474. The monoisotopic (exact) mass is 728 g/mol. The molecule has 0 fully saturated rings. The molecule has 0 N–H and O–H groups in total. The van der Waals surface area contributed by atoms with Crippen molar-refractivity contribution in [3.63, 3.8) is 0 Å². The van der Waals surface area contributed by atoms with Crippen molar-refractivity contribution in [2.75, 3.05) is 19.8 Å². The van der Waals surface area contributed by atoms with Crippen LogP contribution in [0.1, 0.15) is 92.4 Å². The fourth-order valence-corrected chi connectivity index (χ4v) is 4.92. The van der Waals surface area contributed by atoms with Crippen LogP contribution in [0, 0.1) is 0 Å². The number of alkyl halides is 7. The number of carbonyl (C=O) groups is 2. The van der Waals surface area contributed by atoms with Crippen molar-refractivity contribution >= 4 is 11.9 Å². The smallest absolute Gasteiger partial charge is 0.459 e. The zero-order valence-electron chi connectivity index (χ0n) is 28.6. The highest BCUT2D eigenvalue weighted by Crippen LogP contribution is 2.46. The SMILES string of the molecule is CCCCCCCCCC(C)OC(=O)c1ccc(-c2ccc(OC(=O)c3ccc(OCCCOCC(F)(F)C(F)(F)C(F)(F)F)cc3)cc2)cc1. The largest absolute Gasteiger partial charge is 0.494 e. The summed E-state index contributed by atoms with van der Waals surface area (Å²) < 4.78 is 109. The average Bonchev–Trinajstić information content (AvgIpc) is 3.09. The molecular weight excluding hydrogens is 685 g/mol. The minimum atomic E-state index is -6.41. The summed E-state index contributed by atoms with van der Waals surface area (Å²) in [6.07, 6.45) is 2.58. The average molecular weight is 729 g/mol. The normalized spacial score (nSPS) is 12.7. The molecule has 3 aromatic carbocycles. The van der Waals surface area contributed by atoms with E-state index >= 15 is 0 Å². The molecule has 0 saturated heterocycles. The first-order valence-electron chi connectivity index (χ1n) is 16.9. The molecule has 0 aliphatic rings. The number of esters is 2. The van der Waals surface area contributed by atoms with E-state index in [4.69, 9.17) is 14.2 Å². The third-order valence-electron chi connectivity index (χ3n) is 7.93. The van der Waals surface area contributed by atoms with E-state index in [9.17, 15) is 40.3 Å². The second-order valence-corrected chi connectivity index (χ2v) is 12.2. The van der Waals surface area contributed by atoms with Gasteiger partial charge in [0.05, 0.1) is 30.4 Å². The molecule has 3 aromatic rings. The fourth-order valence-electron chi connectivity index (χ4n) is 4.92. The summed E-state index contributed by atoms with van der Waals surface area (Å²) in [5, 5.41) is 0. The van der Waals surface area contributed by atoms with Gasteiger partial charge in [-0.3, -0.25) is 0 Å². The molecule has 0 aliphatic heterocycles. The molecule has 0 heterocycles. The summed E-state index contributed by atoms with van der Waals surface area (Å²) in [6, 6.07) is 19.6. The van der Waals surface area contributed by atoms with Crippen LogP contribution >= 0.6 is 0 Å². The summed E-state index contributed by atoms with van der Waals surface area (Å²) in [5.41, 5.74) is 2.34. The number of unbranched alkanes of at least 4 members (excludes halogenated alkanes) is 6. The maximum Gasteiger partial charge on any atom is 0.459 e. The van der Waals surface area contributed by atoms with Gasteiger partial charge in [-0.2, -0.15) is 30.7 Å². The number of hydrogen-bond donors (Lipinski definition) is 0. The summed E-state index contributed by atoms with van der Waals surface area (Å²) in [7, 11) is 0. The first-order chi connectivity index (χ1) is 24.1. The molecule has 51 heavy (non-hydrogen) atoms. The molecule has 0 saturated carbocycles. The molecule has 1 unspecified atom stereocenters. The van der Waals surface area contributed by atoms with Crippen LogP contribution in [0.25, 0.3) is 11.1 Å². The highest BCUT2D eigenvalue weighted by molar-refractivity contribution is 5.91. The molecule has 6 nitrogen and oxygen atoms in total. The van der Waals surface area contributed by atoms with Crippen molar-refractivity contribution in [3.8, 4) is 22.6 Å². The first-order valence-corrected chi connectivity index (χ1v) is 16.9. The number of halogens is 7. The summed E-state index contributed by atoms with van der Waals surface area (Å²) >= 11 is 0. The van der Waals surface area contributed by atoms with E-state index in [0.29, 0.717) is 5.56 Å². The number of ether oxygens (including phenoxy) is 4. The molecule has 0 spiro atoms. The molecule has 0 aromatic heterocycles. The van der Waals surface area contributed by atoms with Crippen LogP contribution in [-0.2, 0) is 9.47 Å². The number of hydrogen-bond acceptors (Lipinski definition) is 6. The molecule has 13 heteroatoms. The van der Waals surface area contributed by atoms with Gasteiger partial charge in [0.2, 0.25) is 0 Å². The van der Waals surface area contributed by atoms with Crippen molar-refractivity contribution in [2.24, 2.45) is 0 Å². The Morgan fingerprint density at radius 2 is 1.14 bits per heavy atom. The van der Waals surface area contributed by atoms with Gasteiger partial charge in [0, 0.05) is 6.42 Å². The molecule has 0 amide bonds. The van der Waals surface area contributed by atoms with Crippen LogP contribution in [0.15, 0.2) is 72.8 Å². The Bertz CT molecular complexity index is 1490. The molecule has 0 bridgehead atoms. The van der Waals surface area contributed by atoms with Crippen molar-refractivity contribution in [3.05, 3.63) is 83.9 Å². The Balaban J connectivity index is 1.39. The Morgan fingerprint density at radius 1 is 0.627 bits per heavy atom. The Labute approximate surface area is 293 Å². The van der Waals surface area contributed by atoms with Gasteiger partial charge in [-0.25, -0.2) is 9.59 Å². The Hall–Kier alpha value is -4.13. The van der Waals surface area contributed by atoms with Gasteiger partial charge >= 0.3 is 30.0 Å². The van der Waals surface area contributed by atoms with Gasteiger partial charge in [-0.1, -0.05) is 69.7 Å². The van der Waals surface area contributed by atoms with Crippen LogP contribution in [0.4, 0.5) is 30.7 Å². The Morgan fingerprint density at radius 3 is 1.73 bits per heavy atom. The van der Waals surface area contributed by atoms with Crippen LogP contribution < -0.4 is 9.47 Å². The molecule has 0 radical (unpaired) electrons. The predicted molar refractivity (Wildman–Crippen MR) is 178 cm³/mol. The van der Waals surface area contributed by atoms with Crippen molar-refractivity contribution in [1.29, 1.82) is 0 Å². The van der Waals surface area contributed by atoms with Gasteiger partial charge in [0.15, 0.2) is 0 Å². The molecule has 1 atom stereocenters. The Kier molecular flexibility index (Phi) is 15.8. The van der Waals surface area contributed by atoms with Crippen molar-refractivity contribution < 1.29 is 59.3 Å². The van der Waals surface area contributed by atoms with Crippen LogP contribution in [0.2, 0.25) is 0 Å². The third kappa shape index (κ3) is 12.9. The molecule has 3 rings (SSSR count). The van der Waals surface area contributed by atoms with Crippen LogP contribution in [-0.4, -0.2) is 55.9 Å². The van der Waals surface area contributed by atoms with E-state index in [0.717, 1.165) is 30.4 Å². The quantitative estimate of drug-likeness (QED) is 0.0471. The summed E-state index contributed by atoms with van der Waals surface area (Å²) in [6.45, 7) is 1.33. The zero-order chi connectivity index (χ0) is 37.5. The lowest BCUT2D eigenvalue weighted by molar-refractivity contribution is -0.361. The zero-order valence-corrected chi connectivity index (χ0v) is 28.6. The lowest BCUT2D eigenvalue weighted by atomic mass is 10.0. The highest BCUT2D eigenvalue weighted by Gasteiger charge is 2.72. The maximum atomic E-state index is 13.2. The van der Waals surface area contributed by atoms with E-state index in [-0.39, 0.29) is 42.2 Å². The topological polar surface area (TPSA) is 71.1 Å². The van der Waals surface area contributed by atoms with E-state index in [2.05, 4.69) is 11.7 Å². The minimum absolute atomic E-state index is 0.0805. The van der Waals surface area contributed by atoms with Crippen LogP contribution in [0.3, 0.4) is 0 Å². The van der Waals surface area contributed by atoms with Gasteiger partial charge in [0.25, 0.3) is 0 Å². The van der Waals surface area contributed by atoms with Gasteiger partial charge in [0.1, 0.15) is 18.1 Å². The molecular formula is C38H43F7O6. The highest BCUT2D eigenvalue weighted by atomic mass is 19.4. The number of carbonyl (C=O) groups excluding carboxylic acids is 2. The minimum Gasteiger partial charge on any atom is -0.494 e. The third-order valence-corrected chi connectivity index (χ3v) is 7.93. The van der Waals surface area contributed by atoms with E-state index in [1.54, 1.807) is 36.4 Å². The standard InChI is InChI=1S/C38H43F7O6/c1-3-4-5-6-7-8-9-11-27(2)50-34(46)30-14-12-28(13-15-30)29-16-22-33(23-17-29)51-35(47)31-18-20-32(21-19-31)49-25-10-24-48-26-36(39,40)37(41,42)38(43,44)45/h12-23,27H,3-11,24-26H2,1-2H3. The molecule has 0 aliphatic carbocycles. The molecule has 280 valence electrons. The lowest BCUT2D eigenvalue weighted by Crippen LogP contribution is -2.54. The lowest BCUT2D eigenvalue weighted by Gasteiger charge is -2.27. The van der Waals surface area contributed by atoms with E-state index in [1.807, 2.05) is 19.1 Å².